The summed E-state index contributed by atoms with van der Waals surface area (Å²) in [6.45, 7) is 1.09. The van der Waals surface area contributed by atoms with Gasteiger partial charge < -0.3 is 15.1 Å². The van der Waals surface area contributed by atoms with Gasteiger partial charge in [-0.2, -0.15) is 5.10 Å². The van der Waals surface area contributed by atoms with Crippen LogP contribution in [0, 0.1) is 17.3 Å². The molecule has 1 saturated heterocycles. The summed E-state index contributed by atoms with van der Waals surface area (Å²) in [7, 11) is 0. The molecule has 2 aromatic rings. The zero-order valence-electron chi connectivity index (χ0n) is 12.9. The summed E-state index contributed by atoms with van der Waals surface area (Å²) in [5, 5.41) is 26.6. The Morgan fingerprint density at radius 2 is 1.88 bits per heavy atom. The summed E-state index contributed by atoms with van der Waals surface area (Å²) in [5.74, 6) is 0.282. The largest absolute Gasteiger partial charge is 0.396 e. The molecular weight excluding hydrogens is 330 g/mol. The van der Waals surface area contributed by atoms with Crippen LogP contribution >= 0.6 is 11.6 Å². The number of carbonyl (C=O) groups excluding carboxylic acids is 1. The van der Waals surface area contributed by atoms with Gasteiger partial charge in [-0.05, 0) is 30.0 Å². The van der Waals surface area contributed by atoms with Crippen LogP contribution in [0.15, 0.2) is 30.3 Å². The molecule has 1 aromatic carbocycles. The highest BCUT2D eigenvalue weighted by molar-refractivity contribution is 6.30. The number of benzene rings is 1. The lowest BCUT2D eigenvalue weighted by atomic mass is 10.0. The maximum absolute atomic E-state index is 12.6. The van der Waals surface area contributed by atoms with Gasteiger partial charge in [0.2, 0.25) is 0 Å². The van der Waals surface area contributed by atoms with Crippen molar-refractivity contribution < 1.29 is 15.0 Å². The predicted molar refractivity (Wildman–Crippen MR) is 88.5 cm³/mol. The number of aliphatic hydroxyl groups is 2. The Labute approximate surface area is 144 Å². The highest BCUT2D eigenvalue weighted by Gasteiger charge is 2.68. The first kappa shape index (κ1) is 15.6. The van der Waals surface area contributed by atoms with Crippen molar-refractivity contribution in [2.75, 3.05) is 26.3 Å². The van der Waals surface area contributed by atoms with Crippen molar-refractivity contribution in [2.24, 2.45) is 17.3 Å². The van der Waals surface area contributed by atoms with Crippen LogP contribution in [-0.4, -0.2) is 57.5 Å². The lowest BCUT2D eigenvalue weighted by Gasteiger charge is -2.23. The number of likely N-dealkylation sites (tertiary alicyclic amines) is 1. The molecule has 1 saturated carbocycles. The maximum atomic E-state index is 12.6. The van der Waals surface area contributed by atoms with E-state index in [0.717, 1.165) is 5.56 Å². The van der Waals surface area contributed by atoms with E-state index in [2.05, 4.69) is 10.2 Å². The third-order valence-electron chi connectivity index (χ3n) is 5.51. The minimum absolute atomic E-state index is 0.0222. The Bertz CT molecular complexity index is 756. The molecule has 126 valence electrons. The van der Waals surface area contributed by atoms with E-state index in [1.165, 1.54) is 0 Å². The summed E-state index contributed by atoms with van der Waals surface area (Å²) in [6, 6.07) is 9.01. The van der Waals surface area contributed by atoms with Crippen molar-refractivity contribution in [1.29, 1.82) is 0 Å². The van der Waals surface area contributed by atoms with Crippen molar-refractivity contribution in [3.8, 4) is 11.3 Å². The van der Waals surface area contributed by atoms with Crippen LogP contribution in [0.1, 0.15) is 10.5 Å². The number of H-pyrrole nitrogens is 1. The number of hydrogen-bond donors (Lipinski definition) is 3. The summed E-state index contributed by atoms with van der Waals surface area (Å²) in [4.78, 5) is 14.4. The molecule has 4 rings (SSSR count). The highest BCUT2D eigenvalue weighted by atomic mass is 35.5. The van der Waals surface area contributed by atoms with Crippen LogP contribution < -0.4 is 0 Å². The molecule has 0 radical (unpaired) electrons. The fourth-order valence-corrected chi connectivity index (χ4v) is 4.02. The van der Waals surface area contributed by atoms with Crippen LogP contribution in [0.2, 0.25) is 5.02 Å². The second-order valence-corrected chi connectivity index (χ2v) is 7.08. The van der Waals surface area contributed by atoms with Gasteiger partial charge >= 0.3 is 0 Å². The smallest absolute Gasteiger partial charge is 0.271 e. The number of aromatic amines is 1. The van der Waals surface area contributed by atoms with Crippen LogP contribution in [0.4, 0.5) is 0 Å². The number of nitrogens with one attached hydrogen (secondary N) is 1. The third kappa shape index (κ3) is 2.25. The summed E-state index contributed by atoms with van der Waals surface area (Å²) < 4.78 is 0. The van der Waals surface area contributed by atoms with E-state index in [1.54, 1.807) is 23.1 Å². The Kier molecular flexibility index (Phi) is 3.63. The molecule has 3 N–H and O–H groups in total. The summed E-state index contributed by atoms with van der Waals surface area (Å²) >= 11 is 5.88. The number of piperidine rings is 1. The molecule has 2 fully saturated rings. The minimum atomic E-state index is -0.390. The van der Waals surface area contributed by atoms with E-state index < -0.39 is 0 Å². The Morgan fingerprint density at radius 1 is 1.25 bits per heavy atom. The minimum Gasteiger partial charge on any atom is -0.396 e. The molecule has 1 aromatic heterocycles. The van der Waals surface area contributed by atoms with Gasteiger partial charge in [0.25, 0.3) is 5.91 Å². The zero-order valence-corrected chi connectivity index (χ0v) is 13.7. The van der Waals surface area contributed by atoms with Gasteiger partial charge in [0, 0.05) is 29.1 Å². The van der Waals surface area contributed by atoms with E-state index in [-0.39, 0.29) is 36.4 Å². The molecular formula is C17H18ClN3O3. The standard InChI is InChI=1S/C17H18ClN3O3/c18-11-3-1-10(2-4-11)14-5-15(20-19-14)16(24)21-6-12-13(7-21)17(12,8-22)9-23/h1-5,12-13,22-23H,6-9H2,(H,19,20). The van der Waals surface area contributed by atoms with Crippen LogP contribution in [0.25, 0.3) is 11.3 Å². The number of amides is 1. The van der Waals surface area contributed by atoms with Crippen molar-refractivity contribution >= 4 is 17.5 Å². The number of carbonyl (C=O) groups is 1. The van der Waals surface area contributed by atoms with Gasteiger partial charge in [-0.25, -0.2) is 0 Å². The molecule has 0 spiro atoms. The Hall–Kier alpha value is -1.89. The normalized spacial score (nSPS) is 24.0. The molecule has 1 aliphatic heterocycles. The lowest BCUT2D eigenvalue weighted by molar-refractivity contribution is 0.0632. The van der Waals surface area contributed by atoms with Gasteiger partial charge in [0.05, 0.1) is 18.9 Å². The first-order chi connectivity index (χ1) is 11.6. The van der Waals surface area contributed by atoms with E-state index in [1.807, 2.05) is 12.1 Å². The third-order valence-corrected chi connectivity index (χ3v) is 5.76. The number of nitrogens with zero attached hydrogens (tertiary/aromatic N) is 2. The molecule has 1 aliphatic carbocycles. The van der Waals surface area contributed by atoms with Crippen LogP contribution in [0.3, 0.4) is 0 Å². The predicted octanol–water partition coefficient (Wildman–Crippen LogP) is 1.40. The van der Waals surface area contributed by atoms with E-state index >= 15 is 0 Å². The van der Waals surface area contributed by atoms with Crippen LogP contribution in [-0.2, 0) is 0 Å². The zero-order chi connectivity index (χ0) is 16.9. The molecule has 7 heteroatoms. The number of aliphatic hydroxyl groups excluding tert-OH is 2. The van der Waals surface area contributed by atoms with Gasteiger partial charge in [-0.3, -0.25) is 9.89 Å². The van der Waals surface area contributed by atoms with Crippen molar-refractivity contribution in [3.63, 3.8) is 0 Å². The van der Waals surface area contributed by atoms with Gasteiger partial charge in [-0.1, -0.05) is 23.7 Å². The molecule has 6 nitrogen and oxygen atoms in total. The number of aromatic nitrogens is 2. The summed E-state index contributed by atoms with van der Waals surface area (Å²) in [6.07, 6.45) is 0. The van der Waals surface area contributed by atoms with Gasteiger partial charge in [0.1, 0.15) is 5.69 Å². The lowest BCUT2D eigenvalue weighted by Crippen LogP contribution is -2.36. The number of rotatable bonds is 4. The number of hydrogen-bond acceptors (Lipinski definition) is 4. The number of halogens is 1. The van der Waals surface area contributed by atoms with Gasteiger partial charge in [0.15, 0.2) is 0 Å². The second-order valence-electron chi connectivity index (χ2n) is 6.65. The second kappa shape index (κ2) is 5.58. The quantitative estimate of drug-likeness (QED) is 0.780. The fourth-order valence-electron chi connectivity index (χ4n) is 3.89. The fraction of sp³-hybridized carbons (Fsp3) is 0.412. The maximum Gasteiger partial charge on any atom is 0.271 e. The van der Waals surface area contributed by atoms with E-state index in [0.29, 0.717) is 29.5 Å². The summed E-state index contributed by atoms with van der Waals surface area (Å²) in [5.41, 5.74) is 1.64. The molecule has 0 bridgehead atoms. The van der Waals surface area contributed by atoms with Crippen LogP contribution in [0.5, 0.6) is 0 Å². The molecule has 2 aliphatic rings. The Morgan fingerprint density at radius 3 is 2.46 bits per heavy atom. The molecule has 2 unspecified atom stereocenters. The molecule has 1 amide bonds. The molecule has 24 heavy (non-hydrogen) atoms. The van der Waals surface area contributed by atoms with Crippen molar-refractivity contribution in [1.82, 2.24) is 15.1 Å². The monoisotopic (exact) mass is 347 g/mol. The van der Waals surface area contributed by atoms with E-state index in [4.69, 9.17) is 11.6 Å². The topological polar surface area (TPSA) is 89.5 Å². The van der Waals surface area contributed by atoms with Crippen molar-refractivity contribution in [3.05, 3.63) is 41.0 Å². The Balaban J connectivity index is 1.46. The van der Waals surface area contributed by atoms with Gasteiger partial charge in [-0.15, -0.1) is 0 Å². The first-order valence-electron chi connectivity index (χ1n) is 7.91. The molecule has 2 atom stereocenters. The van der Waals surface area contributed by atoms with E-state index in [9.17, 15) is 15.0 Å². The van der Waals surface area contributed by atoms with Crippen molar-refractivity contribution in [2.45, 2.75) is 0 Å². The molecule has 2 heterocycles. The SMILES string of the molecule is O=C(c1cc(-c2ccc(Cl)cc2)n[nH]1)N1CC2C(C1)C2(CO)CO. The average Bonchev–Trinajstić information content (AvgIpc) is 3.00. The highest BCUT2D eigenvalue weighted by Crippen LogP contribution is 2.62. The first-order valence-corrected chi connectivity index (χ1v) is 8.29. The average molecular weight is 348 g/mol. The number of fused-ring (bicyclic) bond motifs is 1.